The van der Waals surface area contributed by atoms with Crippen LogP contribution in [-0.2, 0) is 10.0 Å². The van der Waals surface area contributed by atoms with Crippen LogP contribution in [0.5, 0.6) is 0 Å². The van der Waals surface area contributed by atoms with Gasteiger partial charge in [0.05, 0.1) is 11.5 Å². The summed E-state index contributed by atoms with van der Waals surface area (Å²) in [5, 5.41) is 9.12. The van der Waals surface area contributed by atoms with Gasteiger partial charge in [-0.2, -0.15) is 4.31 Å². The average molecular weight is 337 g/mol. The normalized spacial score (nSPS) is 13.3. The monoisotopic (exact) mass is 337 g/mol. The number of hydrogen-bond donors (Lipinski definition) is 2. The van der Waals surface area contributed by atoms with Crippen molar-refractivity contribution in [2.24, 2.45) is 0 Å². The Bertz CT molecular complexity index is 742. The molecule has 0 heterocycles. The summed E-state index contributed by atoms with van der Waals surface area (Å²) < 4.78 is 26.1. The SMILES string of the molecule is C[C@H](CO)N(C)S(=O)(=O)c1ccc(-c2ccccc2S)cc1. The van der Waals surface area contributed by atoms with Crippen LogP contribution in [-0.4, -0.2) is 37.5 Å². The first-order valence-corrected chi connectivity index (χ1v) is 8.74. The Morgan fingerprint density at radius 3 is 2.27 bits per heavy atom. The van der Waals surface area contributed by atoms with E-state index < -0.39 is 16.1 Å². The summed E-state index contributed by atoms with van der Waals surface area (Å²) in [4.78, 5) is 1.04. The van der Waals surface area contributed by atoms with Crippen molar-refractivity contribution in [2.45, 2.75) is 22.8 Å². The average Bonchev–Trinajstić information content (AvgIpc) is 2.54. The molecule has 0 saturated carbocycles. The molecule has 4 nitrogen and oxygen atoms in total. The van der Waals surface area contributed by atoms with Gasteiger partial charge >= 0.3 is 0 Å². The highest BCUT2D eigenvalue weighted by atomic mass is 32.2. The molecule has 2 aromatic carbocycles. The number of aliphatic hydroxyl groups excluding tert-OH is 1. The standard InChI is InChI=1S/C16H19NO3S2/c1-12(11-18)17(2)22(19,20)14-9-7-13(8-10-14)15-5-3-4-6-16(15)21/h3-10,12,18,21H,11H2,1-2H3/t12-/m1/s1. The van der Waals surface area contributed by atoms with Gasteiger partial charge in [-0.15, -0.1) is 12.6 Å². The third-order valence-electron chi connectivity index (χ3n) is 3.63. The molecule has 0 amide bonds. The highest BCUT2D eigenvalue weighted by molar-refractivity contribution is 7.89. The summed E-state index contributed by atoms with van der Waals surface area (Å²) in [6, 6.07) is 13.8. The molecule has 0 spiro atoms. The molecule has 1 N–H and O–H groups in total. The van der Waals surface area contributed by atoms with Gasteiger partial charge in [-0.05, 0) is 36.2 Å². The van der Waals surface area contributed by atoms with Crippen molar-refractivity contribution in [1.82, 2.24) is 4.31 Å². The zero-order chi connectivity index (χ0) is 16.3. The lowest BCUT2D eigenvalue weighted by Crippen LogP contribution is -2.37. The third-order valence-corrected chi connectivity index (χ3v) is 6.01. The van der Waals surface area contributed by atoms with E-state index in [0.717, 1.165) is 16.0 Å². The molecule has 0 fully saturated rings. The minimum absolute atomic E-state index is 0.204. The number of rotatable bonds is 5. The number of likely N-dealkylation sites (N-methyl/N-ethyl adjacent to an activating group) is 1. The molecule has 0 aliphatic heterocycles. The highest BCUT2D eigenvalue weighted by Gasteiger charge is 2.24. The largest absolute Gasteiger partial charge is 0.395 e. The summed E-state index contributed by atoms with van der Waals surface area (Å²) in [5.74, 6) is 0. The van der Waals surface area contributed by atoms with Gasteiger partial charge in [0, 0.05) is 18.0 Å². The van der Waals surface area contributed by atoms with Crippen LogP contribution in [0.3, 0.4) is 0 Å². The van der Waals surface area contributed by atoms with Gasteiger partial charge in [-0.25, -0.2) is 8.42 Å². The van der Waals surface area contributed by atoms with E-state index >= 15 is 0 Å². The van der Waals surface area contributed by atoms with E-state index in [4.69, 9.17) is 5.11 Å². The molecule has 0 aromatic heterocycles. The first-order chi connectivity index (χ1) is 10.4. The van der Waals surface area contributed by atoms with Gasteiger partial charge in [-0.1, -0.05) is 30.3 Å². The molecule has 0 bridgehead atoms. The van der Waals surface area contributed by atoms with Crippen molar-refractivity contribution >= 4 is 22.7 Å². The van der Waals surface area contributed by atoms with Gasteiger partial charge in [0.2, 0.25) is 10.0 Å². The van der Waals surface area contributed by atoms with Gasteiger partial charge in [0.15, 0.2) is 0 Å². The van der Waals surface area contributed by atoms with Crippen LogP contribution in [0.15, 0.2) is 58.3 Å². The molecule has 0 unspecified atom stereocenters. The van der Waals surface area contributed by atoms with Crippen molar-refractivity contribution in [3.8, 4) is 11.1 Å². The van der Waals surface area contributed by atoms with Crippen molar-refractivity contribution in [1.29, 1.82) is 0 Å². The fourth-order valence-electron chi connectivity index (χ4n) is 2.04. The van der Waals surface area contributed by atoms with Crippen LogP contribution >= 0.6 is 12.6 Å². The van der Waals surface area contributed by atoms with Crippen molar-refractivity contribution in [3.63, 3.8) is 0 Å². The second-order valence-corrected chi connectivity index (χ2v) is 7.57. The molecule has 2 aromatic rings. The summed E-state index contributed by atoms with van der Waals surface area (Å²) in [6.45, 7) is 1.43. The maximum atomic E-state index is 12.4. The fraction of sp³-hybridized carbons (Fsp3) is 0.250. The number of sulfonamides is 1. The van der Waals surface area contributed by atoms with Gasteiger partial charge in [0.1, 0.15) is 0 Å². The Morgan fingerprint density at radius 2 is 1.73 bits per heavy atom. The quantitative estimate of drug-likeness (QED) is 0.825. The van der Waals surface area contributed by atoms with E-state index in [2.05, 4.69) is 12.6 Å². The Hall–Kier alpha value is -1.34. The molecule has 2 rings (SSSR count). The second-order valence-electron chi connectivity index (χ2n) is 5.09. The maximum absolute atomic E-state index is 12.4. The predicted molar refractivity (Wildman–Crippen MR) is 90.6 cm³/mol. The summed E-state index contributed by atoms with van der Waals surface area (Å²) >= 11 is 4.41. The van der Waals surface area contributed by atoms with E-state index in [1.165, 1.54) is 11.4 Å². The number of benzene rings is 2. The van der Waals surface area contributed by atoms with E-state index in [1.54, 1.807) is 31.2 Å². The van der Waals surface area contributed by atoms with Crippen LogP contribution in [0, 0.1) is 0 Å². The van der Waals surface area contributed by atoms with Gasteiger partial charge in [0.25, 0.3) is 0 Å². The van der Waals surface area contributed by atoms with E-state index in [9.17, 15) is 8.42 Å². The molecule has 0 aliphatic carbocycles. The maximum Gasteiger partial charge on any atom is 0.243 e. The summed E-state index contributed by atoms with van der Waals surface area (Å²) in [6.07, 6.45) is 0. The minimum atomic E-state index is -3.61. The topological polar surface area (TPSA) is 57.6 Å². The lowest BCUT2D eigenvalue weighted by Gasteiger charge is -2.22. The van der Waals surface area contributed by atoms with Crippen LogP contribution in [0.1, 0.15) is 6.92 Å². The van der Waals surface area contributed by atoms with Crippen molar-refractivity contribution in [3.05, 3.63) is 48.5 Å². The van der Waals surface area contributed by atoms with Crippen LogP contribution in [0.2, 0.25) is 0 Å². The zero-order valence-corrected chi connectivity index (χ0v) is 14.2. The minimum Gasteiger partial charge on any atom is -0.395 e. The molecule has 118 valence electrons. The molecular weight excluding hydrogens is 318 g/mol. The van der Waals surface area contributed by atoms with E-state index in [1.807, 2.05) is 24.3 Å². The Morgan fingerprint density at radius 1 is 1.14 bits per heavy atom. The molecular formula is C16H19NO3S2. The second kappa shape index (κ2) is 6.83. The predicted octanol–water partition coefficient (Wildman–Crippen LogP) is 2.64. The molecule has 22 heavy (non-hydrogen) atoms. The molecule has 1 atom stereocenters. The van der Waals surface area contributed by atoms with Crippen LogP contribution < -0.4 is 0 Å². The van der Waals surface area contributed by atoms with Crippen molar-refractivity contribution in [2.75, 3.05) is 13.7 Å². The zero-order valence-electron chi connectivity index (χ0n) is 12.5. The van der Waals surface area contributed by atoms with Crippen molar-refractivity contribution < 1.29 is 13.5 Å². The smallest absolute Gasteiger partial charge is 0.243 e. The molecule has 6 heteroatoms. The fourth-order valence-corrected chi connectivity index (χ4v) is 3.69. The first-order valence-electron chi connectivity index (χ1n) is 6.85. The molecule has 0 aliphatic rings. The third kappa shape index (κ3) is 3.35. The van der Waals surface area contributed by atoms with Gasteiger partial charge < -0.3 is 5.11 Å². The lowest BCUT2D eigenvalue weighted by atomic mass is 10.1. The Balaban J connectivity index is 2.35. The van der Waals surface area contributed by atoms with Gasteiger partial charge in [-0.3, -0.25) is 0 Å². The van der Waals surface area contributed by atoms with E-state index in [0.29, 0.717) is 0 Å². The highest BCUT2D eigenvalue weighted by Crippen LogP contribution is 2.27. The number of nitrogens with zero attached hydrogens (tertiary/aromatic N) is 1. The Labute approximate surface area is 136 Å². The first kappa shape index (κ1) is 17.0. The summed E-state index contributed by atoms with van der Waals surface area (Å²) in [7, 11) is -2.14. The lowest BCUT2D eigenvalue weighted by molar-refractivity contribution is 0.214. The van der Waals surface area contributed by atoms with E-state index in [-0.39, 0.29) is 11.5 Å². The number of hydrogen-bond acceptors (Lipinski definition) is 4. The molecule has 0 saturated heterocycles. The number of thiol groups is 1. The number of aliphatic hydroxyl groups is 1. The Kier molecular flexibility index (Phi) is 5.28. The van der Waals surface area contributed by atoms with Crippen LogP contribution in [0.4, 0.5) is 0 Å². The summed E-state index contributed by atoms with van der Waals surface area (Å²) in [5.41, 5.74) is 1.86. The van der Waals surface area contributed by atoms with Crippen LogP contribution in [0.25, 0.3) is 11.1 Å². The molecule has 0 radical (unpaired) electrons.